The zero-order valence-corrected chi connectivity index (χ0v) is 10.4. The summed E-state index contributed by atoms with van der Waals surface area (Å²) in [5.41, 5.74) is 0.721. The second-order valence-electron chi connectivity index (χ2n) is 4.07. The Kier molecular flexibility index (Phi) is 3.46. The number of aromatic nitrogens is 2. The third-order valence-electron chi connectivity index (χ3n) is 2.71. The van der Waals surface area contributed by atoms with Gasteiger partial charge in [-0.1, -0.05) is 0 Å². The first kappa shape index (κ1) is 12.7. The molecule has 1 aromatic rings. The number of carbonyl (C=O) groups is 1. The van der Waals surface area contributed by atoms with Crippen molar-refractivity contribution in [2.24, 2.45) is 0 Å². The van der Waals surface area contributed by atoms with E-state index >= 15 is 0 Å². The molecular weight excluding hydrogens is 258 g/mol. The molecule has 1 aliphatic rings. The number of aliphatic carboxylic acids is 1. The highest BCUT2D eigenvalue weighted by molar-refractivity contribution is 7.91. The Morgan fingerprint density at radius 2 is 1.83 bits per heavy atom. The number of hydrogen-bond acceptors (Lipinski definition) is 6. The predicted octanol–water partition coefficient (Wildman–Crippen LogP) is -0.661. The minimum Gasteiger partial charge on any atom is -0.481 e. The zero-order valence-electron chi connectivity index (χ0n) is 9.61. The molecule has 0 unspecified atom stereocenters. The second-order valence-corrected chi connectivity index (χ2v) is 6.37. The maximum Gasteiger partial charge on any atom is 0.311 e. The van der Waals surface area contributed by atoms with Gasteiger partial charge in [-0.15, -0.1) is 0 Å². The Balaban J connectivity index is 2.04. The van der Waals surface area contributed by atoms with E-state index < -0.39 is 15.8 Å². The Bertz CT molecular complexity index is 527. The van der Waals surface area contributed by atoms with E-state index in [1.54, 1.807) is 0 Å². The number of rotatable bonds is 3. The lowest BCUT2D eigenvalue weighted by Crippen LogP contribution is -2.40. The van der Waals surface area contributed by atoms with Gasteiger partial charge in [-0.2, -0.15) is 0 Å². The highest BCUT2D eigenvalue weighted by Gasteiger charge is 2.22. The van der Waals surface area contributed by atoms with Gasteiger partial charge in [0.25, 0.3) is 0 Å². The lowest BCUT2D eigenvalue weighted by molar-refractivity contribution is -0.136. The molecule has 2 rings (SSSR count). The van der Waals surface area contributed by atoms with Crippen molar-refractivity contribution < 1.29 is 18.3 Å². The lowest BCUT2D eigenvalue weighted by atomic mass is 10.3. The predicted molar refractivity (Wildman–Crippen MR) is 64.2 cm³/mol. The molecule has 18 heavy (non-hydrogen) atoms. The van der Waals surface area contributed by atoms with Crippen LogP contribution in [0, 0.1) is 0 Å². The summed E-state index contributed by atoms with van der Waals surface area (Å²) >= 11 is 0. The first-order valence-corrected chi connectivity index (χ1v) is 7.26. The van der Waals surface area contributed by atoms with Crippen LogP contribution in [0.25, 0.3) is 0 Å². The van der Waals surface area contributed by atoms with Crippen molar-refractivity contribution in [1.29, 1.82) is 0 Å². The lowest BCUT2D eigenvalue weighted by Gasteiger charge is -2.28. The van der Waals surface area contributed by atoms with Crippen LogP contribution in [-0.4, -0.2) is 54.1 Å². The molecule has 1 aromatic heterocycles. The molecule has 2 heterocycles. The van der Waals surface area contributed by atoms with Gasteiger partial charge in [-0.05, 0) is 0 Å². The highest BCUT2D eigenvalue weighted by Crippen LogP contribution is 2.15. The molecule has 8 heteroatoms. The molecule has 1 aliphatic heterocycles. The number of carboxylic acid groups (broad SMARTS) is 1. The van der Waals surface area contributed by atoms with E-state index in [0.717, 1.165) is 5.69 Å². The number of carboxylic acids is 1. The van der Waals surface area contributed by atoms with Gasteiger partial charge in [-0.25, -0.2) is 18.4 Å². The molecule has 7 nitrogen and oxygen atoms in total. The van der Waals surface area contributed by atoms with Crippen molar-refractivity contribution in [1.82, 2.24) is 9.97 Å². The van der Waals surface area contributed by atoms with Gasteiger partial charge in [-0.3, -0.25) is 4.79 Å². The summed E-state index contributed by atoms with van der Waals surface area (Å²) in [6.07, 6.45) is 2.85. The van der Waals surface area contributed by atoms with Crippen LogP contribution in [0.4, 0.5) is 5.69 Å². The van der Waals surface area contributed by atoms with E-state index in [4.69, 9.17) is 5.11 Å². The smallest absolute Gasteiger partial charge is 0.311 e. The van der Waals surface area contributed by atoms with Crippen LogP contribution in [0.5, 0.6) is 0 Å². The summed E-state index contributed by atoms with van der Waals surface area (Å²) in [6.45, 7) is 0.841. The maximum atomic E-state index is 11.3. The summed E-state index contributed by atoms with van der Waals surface area (Å²) < 4.78 is 22.6. The summed E-state index contributed by atoms with van der Waals surface area (Å²) in [5.74, 6) is -0.476. The topological polar surface area (TPSA) is 100 Å². The van der Waals surface area contributed by atoms with Gasteiger partial charge in [0.05, 0.1) is 29.6 Å². The van der Waals surface area contributed by atoms with E-state index in [1.165, 1.54) is 12.4 Å². The van der Waals surface area contributed by atoms with E-state index in [9.17, 15) is 13.2 Å². The zero-order chi connectivity index (χ0) is 13.2. The highest BCUT2D eigenvalue weighted by atomic mass is 32.2. The Morgan fingerprint density at radius 1 is 1.28 bits per heavy atom. The van der Waals surface area contributed by atoms with Gasteiger partial charge in [0.1, 0.15) is 12.2 Å². The van der Waals surface area contributed by atoms with Gasteiger partial charge in [0.15, 0.2) is 9.84 Å². The van der Waals surface area contributed by atoms with Gasteiger partial charge in [0.2, 0.25) is 0 Å². The molecule has 0 spiro atoms. The number of anilines is 1. The first-order valence-electron chi connectivity index (χ1n) is 5.44. The van der Waals surface area contributed by atoms with Crippen LogP contribution in [0.2, 0.25) is 0 Å². The van der Waals surface area contributed by atoms with Gasteiger partial charge in [0, 0.05) is 13.1 Å². The molecule has 0 saturated carbocycles. The van der Waals surface area contributed by atoms with Crippen LogP contribution >= 0.6 is 0 Å². The van der Waals surface area contributed by atoms with Crippen molar-refractivity contribution >= 4 is 21.5 Å². The molecule has 0 amide bonds. The van der Waals surface area contributed by atoms with E-state index in [-0.39, 0.29) is 23.8 Å². The summed E-state index contributed by atoms with van der Waals surface area (Å²) in [6, 6.07) is 0. The van der Waals surface area contributed by atoms with Crippen molar-refractivity contribution in [3.8, 4) is 0 Å². The van der Waals surface area contributed by atoms with Crippen LogP contribution in [-0.2, 0) is 21.1 Å². The van der Waals surface area contributed by atoms with Gasteiger partial charge < -0.3 is 10.0 Å². The number of hydrogen-bond donors (Lipinski definition) is 1. The number of sulfone groups is 1. The largest absolute Gasteiger partial charge is 0.481 e. The molecule has 0 bridgehead atoms. The third kappa shape index (κ3) is 3.16. The summed E-state index contributed by atoms with van der Waals surface area (Å²) in [5, 5.41) is 8.59. The molecule has 98 valence electrons. The molecule has 1 N–H and O–H groups in total. The molecule has 1 fully saturated rings. The standard InChI is InChI=1S/C10H13N3O4S/c14-10(15)5-9-11-6-8(7-12-9)13-1-3-18(16,17)4-2-13/h6-7H,1-5H2,(H,14,15). The average molecular weight is 271 g/mol. The van der Waals surface area contributed by atoms with Crippen LogP contribution in [0.1, 0.15) is 5.82 Å². The van der Waals surface area contributed by atoms with E-state index in [1.807, 2.05) is 4.90 Å². The quantitative estimate of drug-likeness (QED) is 0.778. The fraction of sp³-hybridized carbons (Fsp3) is 0.500. The summed E-state index contributed by atoms with van der Waals surface area (Å²) in [4.78, 5) is 20.2. The summed E-state index contributed by atoms with van der Waals surface area (Å²) in [7, 11) is -2.91. The number of nitrogens with zero attached hydrogens (tertiary/aromatic N) is 3. The Morgan fingerprint density at radius 3 is 2.33 bits per heavy atom. The molecular formula is C10H13N3O4S. The molecule has 0 radical (unpaired) electrons. The monoisotopic (exact) mass is 271 g/mol. The molecule has 0 aliphatic carbocycles. The SMILES string of the molecule is O=C(O)Cc1ncc(N2CCS(=O)(=O)CC2)cn1. The third-order valence-corrected chi connectivity index (χ3v) is 4.32. The van der Waals surface area contributed by atoms with Crippen molar-refractivity contribution in [2.75, 3.05) is 29.5 Å². The van der Waals surface area contributed by atoms with Crippen molar-refractivity contribution in [3.05, 3.63) is 18.2 Å². The van der Waals surface area contributed by atoms with Crippen LogP contribution in [0.15, 0.2) is 12.4 Å². The second kappa shape index (κ2) is 4.89. The van der Waals surface area contributed by atoms with E-state index in [2.05, 4.69) is 9.97 Å². The minimum absolute atomic E-state index is 0.129. The van der Waals surface area contributed by atoms with Gasteiger partial charge >= 0.3 is 5.97 Å². The van der Waals surface area contributed by atoms with Crippen LogP contribution < -0.4 is 4.90 Å². The maximum absolute atomic E-state index is 11.3. The van der Waals surface area contributed by atoms with Crippen molar-refractivity contribution in [2.45, 2.75) is 6.42 Å². The van der Waals surface area contributed by atoms with Crippen LogP contribution in [0.3, 0.4) is 0 Å². The molecule has 0 aromatic carbocycles. The van der Waals surface area contributed by atoms with Crippen molar-refractivity contribution in [3.63, 3.8) is 0 Å². The fourth-order valence-electron chi connectivity index (χ4n) is 1.71. The molecule has 1 saturated heterocycles. The minimum atomic E-state index is -2.91. The Hall–Kier alpha value is -1.70. The molecule has 0 atom stereocenters. The first-order chi connectivity index (χ1) is 8.46. The van der Waals surface area contributed by atoms with E-state index in [0.29, 0.717) is 13.1 Å². The fourth-order valence-corrected chi connectivity index (χ4v) is 2.91. The Labute approximate surface area is 104 Å². The normalized spacial score (nSPS) is 18.6. The average Bonchev–Trinajstić information content (AvgIpc) is 2.30.